The van der Waals surface area contributed by atoms with Crippen LogP contribution < -0.4 is 21.1 Å². The molecule has 1 unspecified atom stereocenters. The number of guanidine groups is 1. The van der Waals surface area contributed by atoms with E-state index in [9.17, 15) is 4.79 Å². The van der Waals surface area contributed by atoms with E-state index in [1.807, 2.05) is 19.1 Å². The maximum absolute atomic E-state index is 11.4. The maximum atomic E-state index is 11.4. The predicted molar refractivity (Wildman–Crippen MR) is 134 cm³/mol. The van der Waals surface area contributed by atoms with Crippen molar-refractivity contribution in [1.82, 2.24) is 10.6 Å². The highest BCUT2D eigenvalue weighted by Crippen LogP contribution is 2.22. The topological polar surface area (TPSA) is 88.7 Å². The van der Waals surface area contributed by atoms with Gasteiger partial charge in [-0.1, -0.05) is 31.2 Å². The van der Waals surface area contributed by atoms with Crippen molar-refractivity contribution in [2.45, 2.75) is 53.3 Å². The first-order valence-electron chi connectivity index (χ1n) is 10.1. The Kier molecular flexibility index (Phi) is 11.2. The van der Waals surface area contributed by atoms with Gasteiger partial charge < -0.3 is 21.1 Å². The Morgan fingerprint density at radius 1 is 1.17 bits per heavy atom. The quantitative estimate of drug-likeness (QED) is 0.261. The van der Waals surface area contributed by atoms with Crippen LogP contribution in [0.2, 0.25) is 0 Å². The second kappa shape index (κ2) is 13.1. The molecule has 4 N–H and O–H groups in total. The van der Waals surface area contributed by atoms with Crippen molar-refractivity contribution in [3.05, 3.63) is 64.7 Å². The molecule has 164 valence electrons. The number of nitrogens with zero attached hydrogens (tertiary/aromatic N) is 1. The SMILES string of the molecule is CCNC(=NCc1cccc(C(N)=O)c1)NCc1ccc(C)cc1OC(C)CC.I. The second-order valence-electron chi connectivity index (χ2n) is 7.06. The summed E-state index contributed by atoms with van der Waals surface area (Å²) in [6, 6.07) is 13.5. The number of nitrogens with two attached hydrogens (primary N) is 1. The summed E-state index contributed by atoms with van der Waals surface area (Å²) in [6.45, 7) is 10.1. The Morgan fingerprint density at radius 3 is 2.60 bits per heavy atom. The Bertz CT molecular complexity index is 855. The number of hydrogen-bond acceptors (Lipinski definition) is 3. The molecular weight excluding hydrogens is 491 g/mol. The zero-order valence-corrected chi connectivity index (χ0v) is 20.5. The van der Waals surface area contributed by atoms with E-state index in [-0.39, 0.29) is 30.1 Å². The van der Waals surface area contributed by atoms with E-state index in [2.05, 4.69) is 54.6 Å². The monoisotopic (exact) mass is 524 g/mol. The van der Waals surface area contributed by atoms with Crippen LogP contribution in [0.4, 0.5) is 0 Å². The lowest BCUT2D eigenvalue weighted by molar-refractivity contribution is 0.1000. The minimum atomic E-state index is -0.436. The van der Waals surface area contributed by atoms with Gasteiger partial charge in [0, 0.05) is 24.2 Å². The lowest BCUT2D eigenvalue weighted by Gasteiger charge is -2.18. The highest BCUT2D eigenvalue weighted by Gasteiger charge is 2.09. The second-order valence-corrected chi connectivity index (χ2v) is 7.06. The zero-order valence-electron chi connectivity index (χ0n) is 18.2. The van der Waals surface area contributed by atoms with Crippen LogP contribution in [0.15, 0.2) is 47.5 Å². The number of primary amides is 1. The van der Waals surface area contributed by atoms with Gasteiger partial charge in [-0.3, -0.25) is 4.79 Å². The molecule has 2 aromatic rings. The predicted octanol–water partition coefficient (Wildman–Crippen LogP) is 4.14. The Morgan fingerprint density at radius 2 is 1.93 bits per heavy atom. The number of amides is 1. The van der Waals surface area contributed by atoms with Gasteiger partial charge in [0.1, 0.15) is 5.75 Å². The summed E-state index contributed by atoms with van der Waals surface area (Å²) in [7, 11) is 0. The Hall–Kier alpha value is -2.29. The third kappa shape index (κ3) is 8.22. The molecular formula is C23H33IN4O2. The van der Waals surface area contributed by atoms with Gasteiger partial charge in [0.25, 0.3) is 0 Å². The van der Waals surface area contributed by atoms with Crippen molar-refractivity contribution in [2.24, 2.45) is 10.7 Å². The summed E-state index contributed by atoms with van der Waals surface area (Å²) < 4.78 is 6.09. The molecule has 2 rings (SSSR count). The van der Waals surface area contributed by atoms with Crippen molar-refractivity contribution in [3.8, 4) is 5.75 Å². The summed E-state index contributed by atoms with van der Waals surface area (Å²) in [5, 5.41) is 6.61. The van der Waals surface area contributed by atoms with Crippen LogP contribution in [0.1, 0.15) is 54.2 Å². The van der Waals surface area contributed by atoms with Gasteiger partial charge in [0.05, 0.1) is 12.6 Å². The molecule has 0 aliphatic heterocycles. The fourth-order valence-corrected chi connectivity index (χ4v) is 2.73. The number of aryl methyl sites for hydroxylation is 1. The summed E-state index contributed by atoms with van der Waals surface area (Å²) in [5.74, 6) is 1.16. The lowest BCUT2D eigenvalue weighted by atomic mass is 10.1. The molecule has 1 atom stereocenters. The molecule has 0 aliphatic rings. The molecule has 0 spiro atoms. The van der Waals surface area contributed by atoms with Crippen LogP contribution in [0, 0.1) is 6.92 Å². The van der Waals surface area contributed by atoms with Gasteiger partial charge in [-0.25, -0.2) is 4.99 Å². The van der Waals surface area contributed by atoms with E-state index in [0.29, 0.717) is 24.6 Å². The maximum Gasteiger partial charge on any atom is 0.248 e. The molecule has 1 amide bonds. The molecule has 6 nitrogen and oxygen atoms in total. The molecule has 0 fully saturated rings. The minimum absolute atomic E-state index is 0. The molecule has 30 heavy (non-hydrogen) atoms. The number of nitrogens with one attached hydrogen (secondary N) is 2. The van der Waals surface area contributed by atoms with E-state index >= 15 is 0 Å². The standard InChI is InChI=1S/C23H32N4O2.HI/c1-5-17(4)29-21-12-16(3)10-11-20(21)15-27-23(25-6-2)26-14-18-8-7-9-19(13-18)22(24)28;/h7-13,17H,5-6,14-15H2,1-4H3,(H2,24,28)(H2,25,26,27);1H. The van der Waals surface area contributed by atoms with Crippen LogP contribution in [0.25, 0.3) is 0 Å². The molecule has 0 aromatic heterocycles. The number of carbonyl (C=O) groups excluding carboxylic acids is 1. The average molecular weight is 524 g/mol. The number of halogens is 1. The van der Waals surface area contributed by atoms with Crippen molar-refractivity contribution in [1.29, 1.82) is 0 Å². The summed E-state index contributed by atoms with van der Waals surface area (Å²) in [4.78, 5) is 16.0. The molecule has 7 heteroatoms. The van der Waals surface area contributed by atoms with Crippen LogP contribution in [-0.4, -0.2) is 24.5 Å². The largest absolute Gasteiger partial charge is 0.490 e. The molecule has 0 aliphatic carbocycles. The third-order valence-electron chi connectivity index (χ3n) is 4.55. The Labute approximate surface area is 196 Å². The lowest BCUT2D eigenvalue weighted by Crippen LogP contribution is -2.37. The smallest absolute Gasteiger partial charge is 0.248 e. The van der Waals surface area contributed by atoms with E-state index in [1.165, 1.54) is 5.56 Å². The van der Waals surface area contributed by atoms with Crippen molar-refractivity contribution >= 4 is 35.8 Å². The number of rotatable bonds is 9. The number of carbonyl (C=O) groups is 1. The molecule has 2 aromatic carbocycles. The first-order valence-corrected chi connectivity index (χ1v) is 10.1. The molecule has 0 heterocycles. The van der Waals surface area contributed by atoms with Gasteiger partial charge in [0.2, 0.25) is 5.91 Å². The number of hydrogen-bond donors (Lipinski definition) is 3. The number of benzene rings is 2. The number of aliphatic imine (C=N–C) groups is 1. The van der Waals surface area contributed by atoms with Crippen molar-refractivity contribution < 1.29 is 9.53 Å². The highest BCUT2D eigenvalue weighted by molar-refractivity contribution is 14.0. The molecule has 0 bridgehead atoms. The third-order valence-corrected chi connectivity index (χ3v) is 4.55. The summed E-state index contributed by atoms with van der Waals surface area (Å²) >= 11 is 0. The van der Waals surface area contributed by atoms with E-state index in [4.69, 9.17) is 10.5 Å². The van der Waals surface area contributed by atoms with Gasteiger partial charge >= 0.3 is 0 Å². The van der Waals surface area contributed by atoms with Crippen molar-refractivity contribution in [3.63, 3.8) is 0 Å². The fraction of sp³-hybridized carbons (Fsp3) is 0.391. The van der Waals surface area contributed by atoms with E-state index < -0.39 is 5.91 Å². The first kappa shape index (κ1) is 25.7. The fourth-order valence-electron chi connectivity index (χ4n) is 2.73. The average Bonchev–Trinajstić information content (AvgIpc) is 2.71. The van der Waals surface area contributed by atoms with Gasteiger partial charge in [0.15, 0.2) is 5.96 Å². The summed E-state index contributed by atoms with van der Waals surface area (Å²) in [5.41, 5.74) is 9.02. The molecule has 0 radical (unpaired) electrons. The number of ether oxygens (including phenoxy) is 1. The Balaban J connectivity index is 0.00000450. The van der Waals surface area contributed by atoms with Crippen LogP contribution in [0.5, 0.6) is 5.75 Å². The van der Waals surface area contributed by atoms with Crippen LogP contribution in [-0.2, 0) is 13.1 Å². The van der Waals surface area contributed by atoms with Gasteiger partial charge in [-0.2, -0.15) is 0 Å². The first-order chi connectivity index (χ1) is 13.9. The normalized spacial score (nSPS) is 11.9. The van der Waals surface area contributed by atoms with Gasteiger partial charge in [-0.15, -0.1) is 24.0 Å². The van der Waals surface area contributed by atoms with Crippen LogP contribution in [0.3, 0.4) is 0 Å². The molecule has 0 saturated heterocycles. The molecule has 0 saturated carbocycles. The summed E-state index contributed by atoms with van der Waals surface area (Å²) in [6.07, 6.45) is 1.12. The van der Waals surface area contributed by atoms with Crippen molar-refractivity contribution in [2.75, 3.05) is 6.54 Å². The van der Waals surface area contributed by atoms with E-state index in [0.717, 1.165) is 29.8 Å². The highest BCUT2D eigenvalue weighted by atomic mass is 127. The van der Waals surface area contributed by atoms with Gasteiger partial charge in [-0.05, 0) is 56.5 Å². The zero-order chi connectivity index (χ0) is 21.2. The van der Waals surface area contributed by atoms with Crippen LogP contribution >= 0.6 is 24.0 Å². The van der Waals surface area contributed by atoms with E-state index in [1.54, 1.807) is 12.1 Å². The minimum Gasteiger partial charge on any atom is -0.490 e.